The van der Waals surface area contributed by atoms with Crippen LogP contribution in [0.25, 0.3) is 0 Å². The van der Waals surface area contributed by atoms with Gasteiger partial charge in [-0.25, -0.2) is 0 Å². The summed E-state index contributed by atoms with van der Waals surface area (Å²) < 4.78 is 13.5. The predicted molar refractivity (Wildman–Crippen MR) is 80.9 cm³/mol. The number of aromatic nitrogens is 2. The van der Waals surface area contributed by atoms with Crippen LogP contribution in [0.3, 0.4) is 0 Å². The summed E-state index contributed by atoms with van der Waals surface area (Å²) in [5.74, 6) is 1.67. The van der Waals surface area contributed by atoms with E-state index in [2.05, 4.69) is 36.5 Å². The summed E-state index contributed by atoms with van der Waals surface area (Å²) in [5.41, 5.74) is 2.24. The Balaban J connectivity index is 2.01. The zero-order valence-electron chi connectivity index (χ0n) is 12.5. The van der Waals surface area contributed by atoms with Gasteiger partial charge in [0.2, 0.25) is 0 Å². The van der Waals surface area contributed by atoms with E-state index < -0.39 is 0 Å². The zero-order valence-corrected chi connectivity index (χ0v) is 12.5. The Bertz CT molecular complexity index is 609. The minimum absolute atomic E-state index is 0.0620. The Morgan fingerprint density at radius 1 is 1.29 bits per heavy atom. The molecule has 1 aromatic carbocycles. The average molecular weight is 287 g/mol. The Labute approximate surface area is 124 Å². The van der Waals surface area contributed by atoms with E-state index in [0.717, 1.165) is 35.7 Å². The number of hydrogen-bond donors (Lipinski definition) is 1. The first-order valence-corrected chi connectivity index (χ1v) is 7.47. The minimum Gasteiger partial charge on any atom is -0.486 e. The summed E-state index contributed by atoms with van der Waals surface area (Å²) in [6, 6.07) is 6.12. The van der Waals surface area contributed by atoms with Gasteiger partial charge in [0.25, 0.3) is 0 Å². The van der Waals surface area contributed by atoms with Crippen LogP contribution in [0.15, 0.2) is 30.6 Å². The second-order valence-electron chi connectivity index (χ2n) is 4.99. The Morgan fingerprint density at radius 2 is 2.14 bits per heavy atom. The van der Waals surface area contributed by atoms with E-state index in [1.165, 1.54) is 0 Å². The van der Waals surface area contributed by atoms with Crippen molar-refractivity contribution in [2.45, 2.75) is 26.4 Å². The van der Waals surface area contributed by atoms with Crippen LogP contribution in [-0.4, -0.2) is 29.5 Å². The zero-order chi connectivity index (χ0) is 14.7. The first kappa shape index (κ1) is 13.9. The third-order valence-corrected chi connectivity index (χ3v) is 3.63. The molecule has 0 bridgehead atoms. The molecule has 5 nitrogen and oxygen atoms in total. The number of nitrogens with zero attached hydrogens (tertiary/aromatic N) is 2. The van der Waals surface area contributed by atoms with Crippen molar-refractivity contribution < 1.29 is 9.47 Å². The van der Waals surface area contributed by atoms with Crippen LogP contribution in [0.1, 0.15) is 31.0 Å². The van der Waals surface area contributed by atoms with E-state index in [0.29, 0.717) is 13.2 Å². The number of rotatable bonds is 5. The van der Waals surface area contributed by atoms with Gasteiger partial charge in [0.15, 0.2) is 11.5 Å². The highest BCUT2D eigenvalue weighted by Gasteiger charge is 2.23. The Kier molecular flexibility index (Phi) is 4.10. The van der Waals surface area contributed by atoms with Crippen LogP contribution in [0, 0.1) is 0 Å². The number of nitrogens with one attached hydrogen (secondary N) is 1. The molecule has 2 heterocycles. The molecule has 0 spiro atoms. The molecule has 1 aromatic heterocycles. The number of fused-ring (bicyclic) bond motifs is 1. The fraction of sp³-hybridized carbons (Fsp3) is 0.438. The molecule has 1 aliphatic rings. The first-order chi connectivity index (χ1) is 10.3. The van der Waals surface area contributed by atoms with Crippen LogP contribution < -0.4 is 14.8 Å². The summed E-state index contributed by atoms with van der Waals surface area (Å²) in [5, 5.41) is 7.89. The molecule has 0 saturated carbocycles. The fourth-order valence-corrected chi connectivity index (χ4v) is 2.64. The summed E-state index contributed by atoms with van der Waals surface area (Å²) in [4.78, 5) is 0. The molecule has 0 aliphatic carbocycles. The van der Waals surface area contributed by atoms with E-state index in [-0.39, 0.29) is 6.04 Å². The number of aryl methyl sites for hydroxylation is 1. The third-order valence-electron chi connectivity index (χ3n) is 3.63. The van der Waals surface area contributed by atoms with Crippen LogP contribution in [0.2, 0.25) is 0 Å². The second-order valence-corrected chi connectivity index (χ2v) is 4.99. The van der Waals surface area contributed by atoms with Crippen LogP contribution >= 0.6 is 0 Å². The quantitative estimate of drug-likeness (QED) is 0.917. The molecule has 0 fully saturated rings. The third kappa shape index (κ3) is 2.74. The number of benzene rings is 1. The van der Waals surface area contributed by atoms with Crippen molar-refractivity contribution in [3.63, 3.8) is 0 Å². The molecule has 1 unspecified atom stereocenters. The molecule has 112 valence electrons. The van der Waals surface area contributed by atoms with Gasteiger partial charge in [-0.05, 0) is 19.5 Å². The summed E-state index contributed by atoms with van der Waals surface area (Å²) in [6.45, 7) is 7.12. The topological polar surface area (TPSA) is 48.3 Å². The molecule has 2 aromatic rings. The van der Waals surface area contributed by atoms with Gasteiger partial charge in [-0.2, -0.15) is 5.10 Å². The maximum Gasteiger partial charge on any atom is 0.166 e. The summed E-state index contributed by atoms with van der Waals surface area (Å²) in [7, 11) is 0. The van der Waals surface area contributed by atoms with Crippen molar-refractivity contribution in [1.29, 1.82) is 0 Å². The molecule has 3 rings (SSSR count). The normalized spacial score (nSPS) is 15.0. The van der Waals surface area contributed by atoms with Gasteiger partial charge in [-0.15, -0.1) is 0 Å². The van der Waals surface area contributed by atoms with E-state index in [4.69, 9.17) is 9.47 Å². The van der Waals surface area contributed by atoms with Crippen LogP contribution in [0.5, 0.6) is 11.5 Å². The standard InChI is InChI=1S/C16H21N3O2/c1-3-17-15(12-10-18-19(4-2)11-12)13-6-5-7-14-16(13)21-9-8-20-14/h5-7,10-11,15,17H,3-4,8-9H2,1-2H3. The van der Waals surface area contributed by atoms with Gasteiger partial charge in [-0.3, -0.25) is 4.68 Å². The van der Waals surface area contributed by atoms with E-state index >= 15 is 0 Å². The monoisotopic (exact) mass is 287 g/mol. The van der Waals surface area contributed by atoms with E-state index in [1.807, 2.05) is 23.0 Å². The molecule has 1 atom stereocenters. The van der Waals surface area contributed by atoms with Gasteiger partial charge in [0.05, 0.1) is 12.2 Å². The molecule has 0 radical (unpaired) electrons. The lowest BCUT2D eigenvalue weighted by molar-refractivity contribution is 0.169. The highest BCUT2D eigenvalue weighted by atomic mass is 16.6. The maximum absolute atomic E-state index is 5.84. The lowest BCUT2D eigenvalue weighted by atomic mass is 9.99. The van der Waals surface area contributed by atoms with Gasteiger partial charge in [0, 0.05) is 23.9 Å². The number of hydrogen-bond acceptors (Lipinski definition) is 4. The average Bonchev–Trinajstić information content (AvgIpc) is 3.01. The number of para-hydroxylation sites is 1. The second kappa shape index (κ2) is 6.18. The lowest BCUT2D eigenvalue weighted by Gasteiger charge is -2.25. The molecule has 1 aliphatic heterocycles. The van der Waals surface area contributed by atoms with Gasteiger partial charge in [-0.1, -0.05) is 19.1 Å². The molecule has 5 heteroatoms. The molecule has 0 saturated heterocycles. The Hall–Kier alpha value is -2.01. The predicted octanol–water partition coefficient (Wildman–Crippen LogP) is 2.37. The smallest absolute Gasteiger partial charge is 0.166 e. The van der Waals surface area contributed by atoms with Crippen molar-refractivity contribution in [3.05, 3.63) is 41.7 Å². The molecular weight excluding hydrogens is 266 g/mol. The fourth-order valence-electron chi connectivity index (χ4n) is 2.64. The lowest BCUT2D eigenvalue weighted by Crippen LogP contribution is -2.24. The maximum atomic E-state index is 5.84. The largest absolute Gasteiger partial charge is 0.486 e. The highest BCUT2D eigenvalue weighted by Crippen LogP contribution is 2.38. The Morgan fingerprint density at radius 3 is 2.90 bits per heavy atom. The van der Waals surface area contributed by atoms with Gasteiger partial charge in [0.1, 0.15) is 13.2 Å². The number of ether oxygens (including phenoxy) is 2. The van der Waals surface area contributed by atoms with Crippen molar-refractivity contribution >= 4 is 0 Å². The van der Waals surface area contributed by atoms with Crippen molar-refractivity contribution in [1.82, 2.24) is 15.1 Å². The van der Waals surface area contributed by atoms with E-state index in [9.17, 15) is 0 Å². The van der Waals surface area contributed by atoms with E-state index in [1.54, 1.807) is 0 Å². The summed E-state index contributed by atoms with van der Waals surface area (Å²) >= 11 is 0. The molecule has 1 N–H and O–H groups in total. The highest BCUT2D eigenvalue weighted by molar-refractivity contribution is 5.51. The SMILES string of the molecule is CCNC(c1cnn(CC)c1)c1cccc2c1OCCO2. The van der Waals surface area contributed by atoms with Crippen molar-refractivity contribution in [3.8, 4) is 11.5 Å². The van der Waals surface area contributed by atoms with Gasteiger partial charge < -0.3 is 14.8 Å². The summed E-state index contributed by atoms with van der Waals surface area (Å²) in [6.07, 6.45) is 4.00. The van der Waals surface area contributed by atoms with Gasteiger partial charge >= 0.3 is 0 Å². The molecular formula is C16H21N3O2. The van der Waals surface area contributed by atoms with Crippen LogP contribution in [0.4, 0.5) is 0 Å². The minimum atomic E-state index is 0.0620. The van der Waals surface area contributed by atoms with Crippen molar-refractivity contribution in [2.75, 3.05) is 19.8 Å². The van der Waals surface area contributed by atoms with Crippen LogP contribution in [-0.2, 0) is 6.54 Å². The van der Waals surface area contributed by atoms with Crippen molar-refractivity contribution in [2.24, 2.45) is 0 Å². The molecule has 21 heavy (non-hydrogen) atoms. The molecule has 0 amide bonds. The first-order valence-electron chi connectivity index (χ1n) is 7.47.